The smallest absolute Gasteiger partial charge is 0.344 e. The number of methoxy groups -OCH3 is 1. The number of aromatic nitrogens is 1. The fourth-order valence-corrected chi connectivity index (χ4v) is 2.52. The second kappa shape index (κ2) is 7.31. The van der Waals surface area contributed by atoms with Crippen LogP contribution in [0.2, 0.25) is 0 Å². The number of carboxylic acids is 1. The van der Waals surface area contributed by atoms with Crippen LogP contribution >= 0.6 is 0 Å². The van der Waals surface area contributed by atoms with Crippen molar-refractivity contribution in [1.82, 2.24) is 4.98 Å². The van der Waals surface area contributed by atoms with Gasteiger partial charge in [-0.2, -0.15) is 0 Å². The van der Waals surface area contributed by atoms with Gasteiger partial charge in [-0.1, -0.05) is 12.1 Å². The summed E-state index contributed by atoms with van der Waals surface area (Å²) in [7, 11) is 1.62. The number of carboxylic acid groups (broad SMARTS) is 1. The molecular weight excluding hydrogens is 334 g/mol. The van der Waals surface area contributed by atoms with Crippen LogP contribution in [0.4, 0.5) is 0 Å². The normalized spacial score (nSPS) is 11.8. The van der Waals surface area contributed by atoms with Gasteiger partial charge in [0.1, 0.15) is 22.8 Å². The van der Waals surface area contributed by atoms with Crippen molar-refractivity contribution in [3.8, 4) is 23.1 Å². The number of pyridine rings is 1. The highest BCUT2D eigenvalue weighted by Gasteiger charge is 2.12. The van der Waals surface area contributed by atoms with E-state index in [0.29, 0.717) is 17.4 Å². The maximum atomic E-state index is 10.8. The first-order valence-corrected chi connectivity index (χ1v) is 8.09. The summed E-state index contributed by atoms with van der Waals surface area (Å²) in [5.41, 5.74) is 1.74. The van der Waals surface area contributed by atoms with Crippen LogP contribution in [-0.4, -0.2) is 29.3 Å². The maximum Gasteiger partial charge on any atom is 0.344 e. The molecule has 134 valence electrons. The third-order valence-electron chi connectivity index (χ3n) is 3.90. The Labute approximate surface area is 151 Å². The van der Waals surface area contributed by atoms with Crippen LogP contribution in [0, 0.1) is 6.92 Å². The van der Waals surface area contributed by atoms with Crippen molar-refractivity contribution < 1.29 is 24.1 Å². The summed E-state index contributed by atoms with van der Waals surface area (Å²) in [6.07, 6.45) is -0.917. The van der Waals surface area contributed by atoms with E-state index >= 15 is 0 Å². The quantitative estimate of drug-likeness (QED) is 0.716. The van der Waals surface area contributed by atoms with E-state index in [1.807, 2.05) is 25.1 Å². The zero-order valence-corrected chi connectivity index (χ0v) is 14.7. The van der Waals surface area contributed by atoms with Crippen molar-refractivity contribution in [3.05, 3.63) is 54.1 Å². The standard InChI is InChI=1S/C20H19NO5/c1-12-4-5-14-6-11-17(21-18(14)19(12)24-3)26-16-9-7-15(8-10-16)25-13(2)20(22)23/h4-11,13H,1-3H3,(H,22,23). The molecule has 1 atom stereocenters. The predicted octanol–water partition coefficient (Wildman–Crippen LogP) is 4.20. The Balaban J connectivity index is 1.81. The molecular formula is C20H19NO5. The van der Waals surface area contributed by atoms with E-state index in [1.165, 1.54) is 6.92 Å². The highest BCUT2D eigenvalue weighted by Crippen LogP contribution is 2.31. The molecule has 1 heterocycles. The van der Waals surface area contributed by atoms with Crippen LogP contribution < -0.4 is 14.2 Å². The van der Waals surface area contributed by atoms with Crippen molar-refractivity contribution >= 4 is 16.9 Å². The fourth-order valence-electron chi connectivity index (χ4n) is 2.52. The molecule has 1 N–H and O–H groups in total. The second-order valence-corrected chi connectivity index (χ2v) is 5.81. The Morgan fingerprint density at radius 2 is 1.69 bits per heavy atom. The molecule has 0 saturated carbocycles. The van der Waals surface area contributed by atoms with E-state index in [4.69, 9.17) is 19.3 Å². The molecule has 0 bridgehead atoms. The Morgan fingerprint density at radius 1 is 1.04 bits per heavy atom. The number of hydrogen-bond donors (Lipinski definition) is 1. The number of aryl methyl sites for hydroxylation is 1. The summed E-state index contributed by atoms with van der Waals surface area (Å²) in [5.74, 6) is 1.16. The Morgan fingerprint density at radius 3 is 2.35 bits per heavy atom. The zero-order chi connectivity index (χ0) is 18.7. The highest BCUT2D eigenvalue weighted by atomic mass is 16.5. The Hall–Kier alpha value is -3.28. The van der Waals surface area contributed by atoms with Gasteiger partial charge in [0.15, 0.2) is 6.10 Å². The molecule has 6 nitrogen and oxygen atoms in total. The minimum atomic E-state index is -1.02. The molecule has 3 aromatic rings. The molecule has 0 aliphatic carbocycles. The van der Waals surface area contributed by atoms with Crippen LogP contribution in [0.1, 0.15) is 12.5 Å². The lowest BCUT2D eigenvalue weighted by molar-refractivity contribution is -0.144. The largest absolute Gasteiger partial charge is 0.494 e. The lowest BCUT2D eigenvalue weighted by atomic mass is 10.1. The molecule has 0 spiro atoms. The molecule has 0 aliphatic rings. The summed E-state index contributed by atoms with van der Waals surface area (Å²) in [6.45, 7) is 3.44. The first-order valence-electron chi connectivity index (χ1n) is 8.09. The fraction of sp³-hybridized carbons (Fsp3) is 0.200. The Kier molecular flexibility index (Phi) is 4.93. The average Bonchev–Trinajstić information content (AvgIpc) is 2.63. The van der Waals surface area contributed by atoms with Gasteiger partial charge in [0.2, 0.25) is 5.88 Å². The second-order valence-electron chi connectivity index (χ2n) is 5.81. The lowest BCUT2D eigenvalue weighted by Crippen LogP contribution is -2.22. The van der Waals surface area contributed by atoms with Crippen molar-refractivity contribution in [1.29, 1.82) is 0 Å². The number of rotatable bonds is 6. The Bertz CT molecular complexity index is 937. The third-order valence-corrected chi connectivity index (χ3v) is 3.90. The molecule has 0 fully saturated rings. The van der Waals surface area contributed by atoms with Crippen LogP contribution in [0.25, 0.3) is 10.9 Å². The topological polar surface area (TPSA) is 77.9 Å². The SMILES string of the molecule is COc1c(C)ccc2ccc(Oc3ccc(OC(C)C(=O)O)cc3)nc12. The third kappa shape index (κ3) is 3.69. The van der Waals surface area contributed by atoms with Gasteiger partial charge in [0, 0.05) is 11.5 Å². The molecule has 1 unspecified atom stereocenters. The number of carbonyl (C=O) groups is 1. The van der Waals surface area contributed by atoms with E-state index in [1.54, 1.807) is 37.4 Å². The molecule has 26 heavy (non-hydrogen) atoms. The summed E-state index contributed by atoms with van der Waals surface area (Å²) in [4.78, 5) is 15.4. The van der Waals surface area contributed by atoms with E-state index < -0.39 is 12.1 Å². The van der Waals surface area contributed by atoms with E-state index in [9.17, 15) is 4.79 Å². The molecule has 0 radical (unpaired) electrons. The summed E-state index contributed by atoms with van der Waals surface area (Å²) >= 11 is 0. The van der Waals surface area contributed by atoms with Gasteiger partial charge in [0.25, 0.3) is 0 Å². The van der Waals surface area contributed by atoms with Gasteiger partial charge in [-0.3, -0.25) is 0 Å². The molecule has 0 saturated heterocycles. The maximum absolute atomic E-state index is 10.8. The van der Waals surface area contributed by atoms with E-state index in [2.05, 4.69) is 4.98 Å². The summed E-state index contributed by atoms with van der Waals surface area (Å²) in [6, 6.07) is 14.4. The lowest BCUT2D eigenvalue weighted by Gasteiger charge is -2.12. The van der Waals surface area contributed by atoms with Crippen LogP contribution in [0.3, 0.4) is 0 Å². The first kappa shape index (κ1) is 17.5. The molecule has 2 aromatic carbocycles. The molecule has 6 heteroatoms. The highest BCUT2D eigenvalue weighted by molar-refractivity contribution is 5.86. The van der Waals surface area contributed by atoms with Crippen LogP contribution in [0.15, 0.2) is 48.5 Å². The molecule has 1 aromatic heterocycles. The van der Waals surface area contributed by atoms with Gasteiger partial charge in [-0.05, 0) is 49.7 Å². The monoisotopic (exact) mass is 353 g/mol. The number of nitrogens with zero attached hydrogens (tertiary/aromatic N) is 1. The van der Waals surface area contributed by atoms with Crippen molar-refractivity contribution in [2.45, 2.75) is 20.0 Å². The van der Waals surface area contributed by atoms with E-state index in [-0.39, 0.29) is 0 Å². The van der Waals surface area contributed by atoms with Crippen LogP contribution in [-0.2, 0) is 4.79 Å². The zero-order valence-electron chi connectivity index (χ0n) is 14.7. The van der Waals surface area contributed by atoms with Gasteiger partial charge in [-0.25, -0.2) is 9.78 Å². The van der Waals surface area contributed by atoms with Gasteiger partial charge < -0.3 is 19.3 Å². The number of aliphatic carboxylic acids is 1. The molecule has 0 aliphatic heterocycles. The molecule has 0 amide bonds. The first-order chi connectivity index (χ1) is 12.5. The summed E-state index contributed by atoms with van der Waals surface area (Å²) < 4.78 is 16.5. The van der Waals surface area contributed by atoms with Crippen LogP contribution in [0.5, 0.6) is 23.1 Å². The average molecular weight is 353 g/mol. The van der Waals surface area contributed by atoms with Crippen molar-refractivity contribution in [2.24, 2.45) is 0 Å². The van der Waals surface area contributed by atoms with Gasteiger partial charge >= 0.3 is 5.97 Å². The van der Waals surface area contributed by atoms with Gasteiger partial charge in [-0.15, -0.1) is 0 Å². The predicted molar refractivity (Wildman–Crippen MR) is 97.3 cm³/mol. The van der Waals surface area contributed by atoms with Crippen molar-refractivity contribution in [3.63, 3.8) is 0 Å². The number of fused-ring (bicyclic) bond motifs is 1. The van der Waals surface area contributed by atoms with E-state index in [0.717, 1.165) is 22.2 Å². The number of benzene rings is 2. The van der Waals surface area contributed by atoms with Crippen molar-refractivity contribution in [2.75, 3.05) is 7.11 Å². The minimum absolute atomic E-state index is 0.439. The van der Waals surface area contributed by atoms with Gasteiger partial charge in [0.05, 0.1) is 7.11 Å². The summed E-state index contributed by atoms with van der Waals surface area (Å²) in [5, 5.41) is 9.84. The minimum Gasteiger partial charge on any atom is -0.494 e. The molecule has 3 rings (SSSR count). The number of ether oxygens (including phenoxy) is 3. The number of hydrogen-bond acceptors (Lipinski definition) is 5.